The molecule has 0 spiro atoms. The molecule has 3 atom stereocenters. The summed E-state index contributed by atoms with van der Waals surface area (Å²) in [5.41, 5.74) is 4.13. The van der Waals surface area contributed by atoms with Crippen LogP contribution in [0.1, 0.15) is 127 Å². The van der Waals surface area contributed by atoms with Crippen LogP contribution in [0, 0.1) is 17.8 Å². The van der Waals surface area contributed by atoms with Crippen molar-refractivity contribution in [1.29, 1.82) is 0 Å². The van der Waals surface area contributed by atoms with Crippen molar-refractivity contribution in [3.05, 3.63) is 34.9 Å². The van der Waals surface area contributed by atoms with Gasteiger partial charge in [0.05, 0.1) is 13.2 Å². The van der Waals surface area contributed by atoms with Crippen LogP contribution in [0.2, 0.25) is 0 Å². The lowest BCUT2D eigenvalue weighted by molar-refractivity contribution is -0.141. The molecule has 0 aromatic heterocycles. The summed E-state index contributed by atoms with van der Waals surface area (Å²) in [6, 6.07) is 0. The first-order valence-electron chi connectivity index (χ1n) is 14.5. The number of ether oxygens (including phenoxy) is 2. The van der Waals surface area contributed by atoms with Gasteiger partial charge in [0.2, 0.25) is 0 Å². The van der Waals surface area contributed by atoms with Gasteiger partial charge in [0.15, 0.2) is 0 Å². The third-order valence-electron chi connectivity index (χ3n) is 5.97. The summed E-state index contributed by atoms with van der Waals surface area (Å²) in [7, 11) is 0. The molecule has 0 aromatic carbocycles. The van der Waals surface area contributed by atoms with Gasteiger partial charge in [-0.05, 0) is 117 Å². The summed E-state index contributed by atoms with van der Waals surface area (Å²) < 4.78 is 9.52. The molecule has 0 bridgehead atoms. The lowest BCUT2D eigenvalue weighted by Gasteiger charge is -2.09. The maximum absolute atomic E-state index is 10.5. The summed E-state index contributed by atoms with van der Waals surface area (Å²) in [6.07, 6.45) is 16.6. The highest BCUT2D eigenvalue weighted by Gasteiger charge is 2.02. The zero-order valence-electron chi connectivity index (χ0n) is 26.6. The highest BCUT2D eigenvalue weighted by atomic mass is 16.5. The Hall–Kier alpha value is -1.88. The van der Waals surface area contributed by atoms with E-state index < -0.39 is 0 Å². The Balaban J connectivity index is -0.000000487. The number of aliphatic hydroxyl groups excluding tert-OH is 1. The maximum atomic E-state index is 10.5. The van der Waals surface area contributed by atoms with E-state index in [0.717, 1.165) is 38.5 Å². The molecule has 5 nitrogen and oxygen atoms in total. The summed E-state index contributed by atoms with van der Waals surface area (Å²) in [4.78, 5) is 20.4. The molecule has 3 unspecified atom stereocenters. The van der Waals surface area contributed by atoms with E-state index in [9.17, 15) is 9.59 Å². The molecule has 0 aliphatic carbocycles. The predicted molar refractivity (Wildman–Crippen MR) is 163 cm³/mol. The molecule has 0 aliphatic rings. The second-order valence-corrected chi connectivity index (χ2v) is 11.3. The molecule has 0 aromatic rings. The minimum absolute atomic E-state index is 0.179. The summed E-state index contributed by atoms with van der Waals surface area (Å²) in [5.74, 6) is 1.75. The van der Waals surface area contributed by atoms with Crippen molar-refractivity contribution in [3.8, 4) is 0 Å². The second kappa shape index (κ2) is 29.7. The molecule has 0 heterocycles. The van der Waals surface area contributed by atoms with E-state index in [4.69, 9.17) is 9.84 Å². The first-order chi connectivity index (χ1) is 17.8. The van der Waals surface area contributed by atoms with Crippen molar-refractivity contribution in [2.45, 2.75) is 127 Å². The number of rotatable bonds is 18. The molecule has 0 fully saturated rings. The van der Waals surface area contributed by atoms with Gasteiger partial charge >= 0.3 is 5.97 Å². The maximum Gasteiger partial charge on any atom is 0.302 e. The van der Waals surface area contributed by atoms with E-state index in [1.165, 1.54) is 42.9 Å². The largest absolute Gasteiger partial charge is 0.468 e. The van der Waals surface area contributed by atoms with E-state index in [1.807, 2.05) is 0 Å². The first-order valence-corrected chi connectivity index (χ1v) is 14.5. The number of aliphatic hydroxyl groups is 1. The first kappa shape index (κ1) is 40.6. The van der Waals surface area contributed by atoms with Crippen LogP contribution in [-0.4, -0.2) is 37.4 Å². The molecule has 0 radical (unpaired) electrons. The van der Waals surface area contributed by atoms with Crippen molar-refractivity contribution >= 4 is 12.4 Å². The van der Waals surface area contributed by atoms with E-state index >= 15 is 0 Å². The van der Waals surface area contributed by atoms with Crippen LogP contribution in [0.15, 0.2) is 34.9 Å². The highest BCUT2D eigenvalue weighted by molar-refractivity contribution is 5.65. The lowest BCUT2D eigenvalue weighted by Crippen LogP contribution is -2.05. The minimum Gasteiger partial charge on any atom is -0.468 e. The van der Waals surface area contributed by atoms with E-state index in [1.54, 1.807) is 0 Å². The van der Waals surface area contributed by atoms with Crippen LogP contribution < -0.4 is 0 Å². The number of carbonyl (C=O) groups is 2. The Bertz CT molecular complexity index is 636. The van der Waals surface area contributed by atoms with Gasteiger partial charge in [0.25, 0.3) is 6.47 Å². The van der Waals surface area contributed by atoms with Gasteiger partial charge in [-0.3, -0.25) is 9.59 Å². The topological polar surface area (TPSA) is 72.8 Å². The fourth-order valence-corrected chi connectivity index (χ4v) is 3.34. The van der Waals surface area contributed by atoms with Crippen LogP contribution >= 0.6 is 0 Å². The average molecular weight is 539 g/mol. The quantitative estimate of drug-likeness (QED) is 0.0815. The molecule has 0 rings (SSSR count). The number of hydrogen-bond donors (Lipinski definition) is 1. The van der Waals surface area contributed by atoms with Gasteiger partial charge in [-0.2, -0.15) is 0 Å². The van der Waals surface area contributed by atoms with Crippen molar-refractivity contribution < 1.29 is 24.2 Å². The Morgan fingerprint density at radius 2 is 1.00 bits per heavy atom. The molecule has 0 amide bonds. The highest BCUT2D eigenvalue weighted by Crippen LogP contribution is 2.13. The molecule has 224 valence electrons. The average Bonchev–Trinajstić information content (AvgIpc) is 2.79. The zero-order valence-corrected chi connectivity index (χ0v) is 26.6. The van der Waals surface area contributed by atoms with Gasteiger partial charge in [0.1, 0.15) is 0 Å². The zero-order chi connectivity index (χ0) is 29.8. The lowest BCUT2D eigenvalue weighted by atomic mass is 10.0. The van der Waals surface area contributed by atoms with Crippen LogP contribution in [-0.2, 0) is 19.1 Å². The van der Waals surface area contributed by atoms with Gasteiger partial charge in [-0.15, -0.1) is 0 Å². The van der Waals surface area contributed by atoms with Crippen molar-refractivity contribution in [1.82, 2.24) is 0 Å². The van der Waals surface area contributed by atoms with E-state index in [2.05, 4.69) is 85.3 Å². The fourth-order valence-electron chi connectivity index (χ4n) is 3.34. The van der Waals surface area contributed by atoms with E-state index in [0.29, 0.717) is 44.0 Å². The molecular formula is C33H62O5. The van der Waals surface area contributed by atoms with Crippen LogP contribution in [0.25, 0.3) is 0 Å². The van der Waals surface area contributed by atoms with Crippen molar-refractivity contribution in [2.75, 3.05) is 19.8 Å². The van der Waals surface area contributed by atoms with Crippen LogP contribution in [0.3, 0.4) is 0 Å². The normalized spacial score (nSPS) is 12.2. The number of hydrogen-bond acceptors (Lipinski definition) is 5. The molecule has 0 saturated heterocycles. The number of carbonyl (C=O) groups excluding carboxylic acids is 2. The molecule has 5 heteroatoms. The van der Waals surface area contributed by atoms with Gasteiger partial charge in [0, 0.05) is 13.5 Å². The number of allylic oxidation sites excluding steroid dienone is 6. The molecular weight excluding hydrogens is 476 g/mol. The van der Waals surface area contributed by atoms with Gasteiger partial charge in [-0.25, -0.2) is 0 Å². The van der Waals surface area contributed by atoms with E-state index in [-0.39, 0.29) is 5.97 Å². The van der Waals surface area contributed by atoms with Crippen LogP contribution in [0.4, 0.5) is 0 Å². The standard InChI is InChI=1S/C12H22O2.C11H20O2.C10H20O/c1-10(2)6-5-7-11(3)8-9-14-12(4)13;1-10(2)5-4-6-11(3)7-8-13-9-12;1-9(2)5-4-6-10(3)7-8-11/h6,11H,5,7-9H2,1-4H3;5,9,11H,4,6-8H2,1-3H3;5,10-11H,4,6-8H2,1-3H3. The van der Waals surface area contributed by atoms with Crippen molar-refractivity contribution in [3.63, 3.8) is 0 Å². The molecule has 1 N–H and O–H groups in total. The number of esters is 1. The van der Waals surface area contributed by atoms with Gasteiger partial charge < -0.3 is 14.6 Å². The van der Waals surface area contributed by atoms with Gasteiger partial charge in [-0.1, -0.05) is 55.7 Å². The monoisotopic (exact) mass is 538 g/mol. The summed E-state index contributed by atoms with van der Waals surface area (Å²) >= 11 is 0. The molecule has 0 saturated carbocycles. The predicted octanol–water partition coefficient (Wildman–Crippen LogP) is 9.01. The Labute approximate surface area is 236 Å². The fraction of sp³-hybridized carbons (Fsp3) is 0.758. The minimum atomic E-state index is -0.179. The Morgan fingerprint density at radius 3 is 1.32 bits per heavy atom. The van der Waals surface area contributed by atoms with Crippen LogP contribution in [0.5, 0.6) is 0 Å². The SMILES string of the molecule is CC(=O)OCCC(C)CCC=C(C)C.CC(C)=CCCC(C)CCO.CC(C)=CCCC(C)CCOC=O. The third-order valence-corrected chi connectivity index (χ3v) is 5.97. The summed E-state index contributed by atoms with van der Waals surface area (Å²) in [5, 5.41) is 8.63. The summed E-state index contributed by atoms with van der Waals surface area (Å²) in [6.45, 7) is 22.7. The molecule has 38 heavy (non-hydrogen) atoms. The smallest absolute Gasteiger partial charge is 0.302 e. The third kappa shape index (κ3) is 41.3. The Kier molecular flexibility index (Phi) is 31.7. The Morgan fingerprint density at radius 1 is 0.632 bits per heavy atom. The van der Waals surface area contributed by atoms with Crippen molar-refractivity contribution in [2.24, 2.45) is 17.8 Å². The molecule has 0 aliphatic heterocycles. The second-order valence-electron chi connectivity index (χ2n) is 11.3.